The Hall–Kier alpha value is -4.81. The summed E-state index contributed by atoms with van der Waals surface area (Å²) in [5.74, 6) is 4.30. The first-order chi connectivity index (χ1) is 16.5. The summed E-state index contributed by atoms with van der Waals surface area (Å²) in [5, 5.41) is 0. The third-order valence-corrected chi connectivity index (χ3v) is 5.57. The molecule has 0 radical (unpaired) electrons. The van der Waals surface area contributed by atoms with E-state index in [2.05, 4.69) is 39.9 Å². The van der Waals surface area contributed by atoms with Crippen molar-refractivity contribution in [1.29, 1.82) is 0 Å². The molecule has 8 bridgehead atoms. The summed E-state index contributed by atoms with van der Waals surface area (Å²) in [6, 6.07) is 5.39. The Morgan fingerprint density at radius 2 is 0.794 bits per heavy atom. The van der Waals surface area contributed by atoms with E-state index in [9.17, 15) is 4.79 Å². The molecule has 5 rings (SSSR count). The number of hydrogen-bond donors (Lipinski definition) is 0. The smallest absolute Gasteiger partial charge is 0.157 e. The van der Waals surface area contributed by atoms with Gasteiger partial charge in [-0.15, -0.1) is 0 Å². The first kappa shape index (κ1) is 21.1. The fourth-order valence-electron chi connectivity index (χ4n) is 3.58. The lowest BCUT2D eigenvalue weighted by Gasteiger charge is -2.26. The summed E-state index contributed by atoms with van der Waals surface area (Å²) in [6.07, 6.45) is 6.50. The van der Waals surface area contributed by atoms with Gasteiger partial charge < -0.3 is 19.6 Å². The molecule has 34 heavy (non-hydrogen) atoms. The van der Waals surface area contributed by atoms with Crippen molar-refractivity contribution in [2.24, 2.45) is 0 Å². The highest BCUT2D eigenvalue weighted by molar-refractivity contribution is 5.92. The van der Waals surface area contributed by atoms with Gasteiger partial charge in [0.25, 0.3) is 0 Å². The molecule has 13 nitrogen and oxygen atoms in total. The normalized spacial score (nSPS) is 13.2. The van der Waals surface area contributed by atoms with Crippen molar-refractivity contribution in [3.05, 3.63) is 49.1 Å². The van der Waals surface area contributed by atoms with Crippen LogP contribution in [0, 0.1) is 0 Å². The molecule has 13 heteroatoms. The molecule has 0 amide bonds. The summed E-state index contributed by atoms with van der Waals surface area (Å²) in [5.41, 5.74) is 0.287. The summed E-state index contributed by atoms with van der Waals surface area (Å²) in [4.78, 5) is 54.3. The number of fused-ring (bicyclic) bond motifs is 8. The van der Waals surface area contributed by atoms with Crippen LogP contribution in [0.15, 0.2) is 43.5 Å². The van der Waals surface area contributed by atoms with Crippen molar-refractivity contribution >= 4 is 52.8 Å². The Balaban J connectivity index is 1.77. The van der Waals surface area contributed by atoms with Gasteiger partial charge in [-0.3, -0.25) is 4.79 Å². The lowest BCUT2D eigenvalue weighted by Crippen LogP contribution is -2.22. The number of nitrogens with zero attached hydrogens (tertiary/aromatic N) is 12. The van der Waals surface area contributed by atoms with Crippen LogP contribution in [0.5, 0.6) is 0 Å². The van der Waals surface area contributed by atoms with Gasteiger partial charge in [0.1, 0.15) is 77.4 Å². The molecule has 0 aliphatic carbocycles. The molecule has 1 aliphatic heterocycles. The lowest BCUT2D eigenvalue weighted by atomic mass is 10.2. The first-order valence-corrected chi connectivity index (χ1v) is 10.2. The van der Waals surface area contributed by atoms with Crippen LogP contribution in [0.2, 0.25) is 0 Å². The van der Waals surface area contributed by atoms with Crippen LogP contribution >= 0.6 is 0 Å². The highest BCUT2D eigenvalue weighted by Gasteiger charge is 2.22. The van der Waals surface area contributed by atoms with Crippen molar-refractivity contribution in [2.45, 2.75) is 0 Å². The van der Waals surface area contributed by atoms with E-state index in [0.717, 1.165) is 6.29 Å². The van der Waals surface area contributed by atoms with Crippen LogP contribution in [-0.2, 0) is 0 Å². The minimum atomic E-state index is 0.287. The second kappa shape index (κ2) is 8.27. The Kier molecular flexibility index (Phi) is 5.12. The lowest BCUT2D eigenvalue weighted by molar-refractivity contribution is 0.112. The molecule has 4 aromatic heterocycles. The fourth-order valence-corrected chi connectivity index (χ4v) is 3.58. The second-order valence-corrected chi connectivity index (χ2v) is 7.49. The number of carbonyl (C=O) groups excluding carboxylic acids is 1. The van der Waals surface area contributed by atoms with Crippen LogP contribution in [0.25, 0.3) is 0 Å². The van der Waals surface area contributed by atoms with Crippen molar-refractivity contribution in [1.82, 2.24) is 39.9 Å². The van der Waals surface area contributed by atoms with E-state index in [4.69, 9.17) is 0 Å². The summed E-state index contributed by atoms with van der Waals surface area (Å²) in [6.45, 7) is 0. The third kappa shape index (κ3) is 3.48. The van der Waals surface area contributed by atoms with Gasteiger partial charge in [0.15, 0.2) is 6.29 Å². The number of aldehydes is 1. The SMILES string of the molecule is CN1c2cc(ncn2)N(C)c2cc(ncn2)N(C)c2ncnc(c2C=O)N(C)c2cc1ncn2. The molecular formula is C21H20N12O. The van der Waals surface area contributed by atoms with Crippen molar-refractivity contribution in [2.75, 3.05) is 47.8 Å². The zero-order valence-corrected chi connectivity index (χ0v) is 18.9. The Morgan fingerprint density at radius 1 is 0.500 bits per heavy atom. The average molecular weight is 456 g/mol. The molecule has 0 fully saturated rings. The van der Waals surface area contributed by atoms with Gasteiger partial charge >= 0.3 is 0 Å². The van der Waals surface area contributed by atoms with E-state index < -0.39 is 0 Å². The molecule has 0 N–H and O–H groups in total. The summed E-state index contributed by atoms with van der Waals surface area (Å²) in [7, 11) is 7.24. The van der Waals surface area contributed by atoms with Gasteiger partial charge in [-0.2, -0.15) is 0 Å². The topological polar surface area (TPSA) is 133 Å². The first-order valence-electron chi connectivity index (χ1n) is 10.2. The predicted molar refractivity (Wildman–Crippen MR) is 126 cm³/mol. The number of aromatic nitrogens is 8. The molecule has 0 saturated carbocycles. The van der Waals surface area contributed by atoms with E-state index in [-0.39, 0.29) is 5.56 Å². The summed E-state index contributed by atoms with van der Waals surface area (Å²) < 4.78 is 0. The van der Waals surface area contributed by atoms with Gasteiger partial charge in [-0.05, 0) is 0 Å². The van der Waals surface area contributed by atoms with Gasteiger partial charge in [0, 0.05) is 46.4 Å². The van der Waals surface area contributed by atoms with E-state index in [1.807, 2.05) is 30.0 Å². The Labute approximate surface area is 194 Å². The zero-order chi connectivity index (χ0) is 23.8. The van der Waals surface area contributed by atoms with E-state index in [1.165, 1.54) is 25.3 Å². The largest absolute Gasteiger partial charge is 0.314 e. The zero-order valence-electron chi connectivity index (χ0n) is 18.9. The van der Waals surface area contributed by atoms with E-state index in [1.54, 1.807) is 36.0 Å². The monoisotopic (exact) mass is 456 g/mol. The van der Waals surface area contributed by atoms with Crippen LogP contribution in [0.4, 0.5) is 46.5 Å². The van der Waals surface area contributed by atoms with Crippen molar-refractivity contribution in [3.63, 3.8) is 0 Å². The predicted octanol–water partition coefficient (Wildman–Crippen LogP) is 2.04. The maximum atomic E-state index is 12.2. The van der Waals surface area contributed by atoms with Crippen molar-refractivity contribution < 1.29 is 4.79 Å². The third-order valence-electron chi connectivity index (χ3n) is 5.57. The highest BCUT2D eigenvalue weighted by atomic mass is 16.1. The number of hydrogen-bond acceptors (Lipinski definition) is 13. The maximum Gasteiger partial charge on any atom is 0.157 e. The molecule has 5 heterocycles. The second-order valence-electron chi connectivity index (χ2n) is 7.49. The van der Waals surface area contributed by atoms with Crippen LogP contribution < -0.4 is 19.6 Å². The highest BCUT2D eigenvalue weighted by Crippen LogP contribution is 2.33. The number of anilines is 8. The van der Waals surface area contributed by atoms with Gasteiger partial charge in [0.05, 0.1) is 0 Å². The molecular weight excluding hydrogens is 436 g/mol. The molecule has 0 spiro atoms. The maximum absolute atomic E-state index is 12.2. The van der Waals surface area contributed by atoms with Gasteiger partial charge in [-0.25, -0.2) is 39.9 Å². The van der Waals surface area contributed by atoms with Crippen LogP contribution in [0.1, 0.15) is 10.4 Å². The number of carbonyl (C=O) groups is 1. The van der Waals surface area contributed by atoms with E-state index in [0.29, 0.717) is 46.5 Å². The minimum Gasteiger partial charge on any atom is -0.314 e. The summed E-state index contributed by atoms with van der Waals surface area (Å²) >= 11 is 0. The molecule has 0 saturated heterocycles. The average Bonchev–Trinajstić information content (AvgIpc) is 2.90. The minimum absolute atomic E-state index is 0.287. The standard InChI is InChI=1S/C21H20N12O/c1-30-14-5-15(23-9-22-14)31(2)17-7-19(27-11-25-17)33(4)21-13(8-34)20(28-12-29-21)32(3)18-6-16(30)24-10-26-18/h5-12H,1-4H3. The van der Waals surface area contributed by atoms with Crippen LogP contribution in [-0.4, -0.2) is 74.3 Å². The van der Waals surface area contributed by atoms with Crippen molar-refractivity contribution in [3.8, 4) is 0 Å². The van der Waals surface area contributed by atoms with Crippen LogP contribution in [0.3, 0.4) is 0 Å². The fraction of sp³-hybridized carbons (Fsp3) is 0.190. The Bertz CT molecular complexity index is 1290. The number of rotatable bonds is 1. The van der Waals surface area contributed by atoms with Gasteiger partial charge in [-0.1, -0.05) is 0 Å². The molecule has 170 valence electrons. The quantitative estimate of drug-likeness (QED) is 0.387. The Morgan fingerprint density at radius 3 is 1.12 bits per heavy atom. The molecule has 0 unspecified atom stereocenters. The molecule has 0 atom stereocenters. The van der Waals surface area contributed by atoms with Gasteiger partial charge in [0.2, 0.25) is 0 Å². The molecule has 4 aromatic rings. The molecule has 1 aliphatic rings. The molecule has 0 aromatic carbocycles. The van der Waals surface area contributed by atoms with E-state index >= 15 is 0 Å².